The first-order valence-corrected chi connectivity index (χ1v) is 15.4. The van der Waals surface area contributed by atoms with Gasteiger partial charge in [-0.3, -0.25) is 4.98 Å². The molecule has 3 aliphatic rings. The predicted octanol–water partition coefficient (Wildman–Crippen LogP) is 8.03. The Hall–Kier alpha value is -3.09. The molecule has 3 aromatic rings. The number of anilines is 3. The highest BCUT2D eigenvalue weighted by Gasteiger charge is 2.41. The second-order valence-corrected chi connectivity index (χ2v) is 13.6. The molecule has 0 radical (unpaired) electrons. The van der Waals surface area contributed by atoms with Crippen molar-refractivity contribution < 1.29 is 0 Å². The molecule has 6 rings (SSSR count). The first kappa shape index (κ1) is 28.0. The molecular formula is C34H40ClN5S. The minimum Gasteiger partial charge on any atom is -0.370 e. The Kier molecular flexibility index (Phi) is 7.27. The van der Waals surface area contributed by atoms with Crippen molar-refractivity contribution in [2.45, 2.75) is 58.7 Å². The van der Waals surface area contributed by atoms with Crippen molar-refractivity contribution in [3.05, 3.63) is 88.7 Å². The Balaban J connectivity index is 1.42. The van der Waals surface area contributed by atoms with Crippen LogP contribution in [0.3, 0.4) is 0 Å². The maximum absolute atomic E-state index is 7.03. The van der Waals surface area contributed by atoms with Crippen molar-refractivity contribution in [1.82, 2.24) is 10.3 Å². The summed E-state index contributed by atoms with van der Waals surface area (Å²) in [6, 6.07) is 19.1. The molecule has 2 saturated heterocycles. The van der Waals surface area contributed by atoms with Gasteiger partial charge in [0.1, 0.15) is 0 Å². The van der Waals surface area contributed by atoms with Crippen LogP contribution in [0.1, 0.15) is 69.9 Å². The summed E-state index contributed by atoms with van der Waals surface area (Å²) in [6.07, 6.45) is 5.47. The van der Waals surface area contributed by atoms with Crippen molar-refractivity contribution in [1.29, 1.82) is 0 Å². The second kappa shape index (κ2) is 10.6. The molecule has 3 aliphatic heterocycles. The van der Waals surface area contributed by atoms with E-state index in [1.807, 2.05) is 18.3 Å². The van der Waals surface area contributed by atoms with Gasteiger partial charge in [-0.15, -0.1) is 0 Å². The van der Waals surface area contributed by atoms with Gasteiger partial charge in [-0.05, 0) is 105 Å². The number of nitrogens with one attached hydrogen (secondary N) is 1. The highest BCUT2D eigenvalue weighted by Crippen LogP contribution is 2.46. The summed E-state index contributed by atoms with van der Waals surface area (Å²) in [6.45, 7) is 13.4. The summed E-state index contributed by atoms with van der Waals surface area (Å²) in [5, 5.41) is 5.05. The topological polar surface area (TPSA) is 34.6 Å². The first-order chi connectivity index (χ1) is 19.5. The Bertz CT molecular complexity index is 1490. The van der Waals surface area contributed by atoms with Crippen molar-refractivity contribution in [2.24, 2.45) is 11.8 Å². The van der Waals surface area contributed by atoms with E-state index in [9.17, 15) is 0 Å². The van der Waals surface area contributed by atoms with Crippen LogP contribution in [0.4, 0.5) is 17.1 Å². The number of pyridine rings is 1. The van der Waals surface area contributed by atoms with Crippen molar-refractivity contribution in [3.8, 4) is 0 Å². The van der Waals surface area contributed by atoms with Crippen LogP contribution in [0.2, 0.25) is 5.02 Å². The van der Waals surface area contributed by atoms with Crippen molar-refractivity contribution in [3.63, 3.8) is 0 Å². The molecule has 0 amide bonds. The van der Waals surface area contributed by atoms with Gasteiger partial charge in [-0.1, -0.05) is 43.7 Å². The Morgan fingerprint density at radius 2 is 1.73 bits per heavy atom. The number of rotatable bonds is 4. The number of allylic oxidation sites excluding steroid dienone is 1. The fraction of sp³-hybridized carbons (Fsp3) is 0.412. The Morgan fingerprint density at radius 3 is 2.41 bits per heavy atom. The average Bonchev–Trinajstić information content (AvgIpc) is 3.28. The van der Waals surface area contributed by atoms with Gasteiger partial charge in [0.25, 0.3) is 0 Å². The number of aromatic nitrogens is 1. The van der Waals surface area contributed by atoms with E-state index < -0.39 is 0 Å². The third-order valence-electron chi connectivity index (χ3n) is 9.10. The zero-order valence-electron chi connectivity index (χ0n) is 24.9. The summed E-state index contributed by atoms with van der Waals surface area (Å²) in [5.41, 5.74) is 7.98. The number of piperidine rings is 1. The van der Waals surface area contributed by atoms with E-state index in [0.29, 0.717) is 16.9 Å². The minimum atomic E-state index is -0.106. The molecule has 214 valence electrons. The van der Waals surface area contributed by atoms with E-state index in [1.54, 1.807) is 0 Å². The predicted molar refractivity (Wildman–Crippen MR) is 177 cm³/mol. The summed E-state index contributed by atoms with van der Waals surface area (Å²) in [4.78, 5) is 11.8. The normalized spacial score (nSPS) is 25.6. The van der Waals surface area contributed by atoms with E-state index in [-0.39, 0.29) is 17.6 Å². The maximum atomic E-state index is 7.03. The smallest absolute Gasteiger partial charge is 0.174 e. The molecule has 0 saturated carbocycles. The van der Waals surface area contributed by atoms with Crippen LogP contribution in [-0.4, -0.2) is 35.8 Å². The standard InChI is InChI=1S/C34H40ClN5S/c1-21-15-22(2)20-39(19-21)30-13-11-25(17-27(30)35)40-32(31(37-33(40)41)28-9-7-8-14-36-28)24-10-12-29-26(16-24)23(3)18-34(4,5)38(29)6/h7-14,16-18,21-22,31-32H,15,19-20H2,1-6H3,(H,37,41)/t21-,22+,31-,32+/m0/s1. The fourth-order valence-electron chi connectivity index (χ4n) is 7.09. The van der Waals surface area contributed by atoms with Crippen molar-refractivity contribution >= 4 is 51.6 Å². The van der Waals surface area contributed by atoms with Gasteiger partial charge in [-0.25, -0.2) is 0 Å². The molecule has 0 bridgehead atoms. The van der Waals surface area contributed by atoms with Gasteiger partial charge in [0, 0.05) is 43.3 Å². The zero-order valence-corrected chi connectivity index (χ0v) is 26.4. The lowest BCUT2D eigenvalue weighted by Gasteiger charge is -2.41. The second-order valence-electron chi connectivity index (χ2n) is 12.8. The van der Waals surface area contributed by atoms with Crippen LogP contribution >= 0.6 is 23.8 Å². The van der Waals surface area contributed by atoms with Gasteiger partial charge >= 0.3 is 0 Å². The number of likely N-dealkylation sites (N-methyl/N-ethyl adjacent to an activating group) is 1. The van der Waals surface area contributed by atoms with Crippen molar-refractivity contribution in [2.75, 3.05) is 34.8 Å². The quantitative estimate of drug-likeness (QED) is 0.312. The number of hydrogen-bond donors (Lipinski definition) is 1. The highest BCUT2D eigenvalue weighted by molar-refractivity contribution is 7.80. The van der Waals surface area contributed by atoms with Gasteiger partial charge in [0.05, 0.1) is 34.0 Å². The summed E-state index contributed by atoms with van der Waals surface area (Å²) in [7, 11) is 2.17. The van der Waals surface area contributed by atoms with Crippen LogP contribution in [0.25, 0.3) is 5.57 Å². The summed E-state index contributed by atoms with van der Waals surface area (Å²) in [5.74, 6) is 1.30. The largest absolute Gasteiger partial charge is 0.370 e. The van der Waals surface area contributed by atoms with Crippen LogP contribution in [0.15, 0.2) is 66.9 Å². The van der Waals surface area contributed by atoms with E-state index >= 15 is 0 Å². The SMILES string of the molecule is CC1=CC(C)(C)N(C)c2ccc([C@@H]3[C@H](c4ccccn4)NC(=S)N3c3ccc(N4C[C@H](C)C[C@H](C)C4)c(Cl)c3)cc21. The van der Waals surface area contributed by atoms with Gasteiger partial charge < -0.3 is 20.0 Å². The lowest BCUT2D eigenvalue weighted by Crippen LogP contribution is -2.42. The van der Waals surface area contributed by atoms with E-state index in [4.69, 9.17) is 28.8 Å². The summed E-state index contributed by atoms with van der Waals surface area (Å²) >= 11 is 13.0. The molecule has 0 unspecified atom stereocenters. The van der Waals surface area contributed by atoms with E-state index in [1.165, 1.54) is 28.8 Å². The third-order valence-corrected chi connectivity index (χ3v) is 9.72. The minimum absolute atomic E-state index is 0.0416. The molecule has 2 fully saturated rings. The number of thiocarbonyl (C=S) groups is 1. The van der Waals surface area contributed by atoms with Crippen LogP contribution < -0.4 is 20.0 Å². The number of fused-ring (bicyclic) bond motifs is 1. The number of nitrogens with zero attached hydrogens (tertiary/aromatic N) is 4. The van der Waals surface area contributed by atoms with Gasteiger partial charge in [0.15, 0.2) is 5.11 Å². The van der Waals surface area contributed by atoms with E-state index in [2.05, 4.69) is 110 Å². The molecule has 0 aliphatic carbocycles. The molecule has 2 aromatic carbocycles. The van der Waals surface area contributed by atoms with Crippen LogP contribution in [0.5, 0.6) is 0 Å². The average molecular weight is 586 g/mol. The molecule has 4 atom stereocenters. The third kappa shape index (κ3) is 5.10. The number of benzene rings is 2. The van der Waals surface area contributed by atoms with E-state index in [0.717, 1.165) is 35.2 Å². The molecule has 1 N–H and O–H groups in total. The monoisotopic (exact) mass is 585 g/mol. The molecule has 0 spiro atoms. The van der Waals surface area contributed by atoms with Crippen LogP contribution in [-0.2, 0) is 0 Å². The van der Waals surface area contributed by atoms with Crippen LogP contribution in [0, 0.1) is 11.8 Å². The molecule has 5 nitrogen and oxygen atoms in total. The lowest BCUT2D eigenvalue weighted by molar-refractivity contribution is 0.357. The number of halogens is 1. The van der Waals surface area contributed by atoms with Gasteiger partial charge in [0.2, 0.25) is 0 Å². The lowest BCUT2D eigenvalue weighted by atomic mass is 9.86. The number of hydrogen-bond acceptors (Lipinski definition) is 4. The molecule has 4 heterocycles. The highest BCUT2D eigenvalue weighted by atomic mass is 35.5. The van der Waals surface area contributed by atoms with Gasteiger partial charge in [-0.2, -0.15) is 0 Å². The first-order valence-electron chi connectivity index (χ1n) is 14.7. The fourth-order valence-corrected chi connectivity index (χ4v) is 7.73. The maximum Gasteiger partial charge on any atom is 0.174 e. The molecule has 1 aromatic heterocycles. The Labute approximate surface area is 255 Å². The molecule has 7 heteroatoms. The summed E-state index contributed by atoms with van der Waals surface area (Å²) < 4.78 is 0. The zero-order chi connectivity index (χ0) is 29.1. The molecular weight excluding hydrogens is 546 g/mol. The molecule has 41 heavy (non-hydrogen) atoms. The Morgan fingerprint density at radius 1 is 1.00 bits per heavy atom.